The minimum absolute atomic E-state index is 0.0310. The molecule has 1 spiro atoms. The third-order valence-electron chi connectivity index (χ3n) is 2.46. The van der Waals surface area contributed by atoms with Gasteiger partial charge in [-0.25, -0.2) is 0 Å². The lowest BCUT2D eigenvalue weighted by Crippen LogP contribution is -2.27. The van der Waals surface area contributed by atoms with Crippen molar-refractivity contribution in [2.24, 2.45) is 0 Å². The van der Waals surface area contributed by atoms with Crippen molar-refractivity contribution in [1.82, 2.24) is 0 Å². The molecule has 1 fully saturated rings. The molecule has 0 N–H and O–H groups in total. The number of carbonyl (C=O) groups excluding carboxylic acids is 1. The molecule has 1 atom stereocenters. The number of hydrogen-bond acceptors (Lipinski definition) is 2. The van der Waals surface area contributed by atoms with Crippen molar-refractivity contribution in [1.29, 1.82) is 0 Å². The summed E-state index contributed by atoms with van der Waals surface area (Å²) in [5.41, 5.74) is -0.185. The number of carbonyl (C=O) groups is 1. The Morgan fingerprint density at radius 2 is 2.36 bits per heavy atom. The smallest absolute Gasteiger partial charge is 0.306 e. The largest absolute Gasteiger partial charge is 0.455 e. The fourth-order valence-corrected chi connectivity index (χ4v) is 1.84. The molecule has 0 aromatic carbocycles. The summed E-state index contributed by atoms with van der Waals surface area (Å²) >= 11 is 0. The van der Waals surface area contributed by atoms with Crippen LogP contribution in [0.1, 0.15) is 32.1 Å². The highest BCUT2D eigenvalue weighted by Gasteiger charge is 2.38. The molecule has 0 saturated carbocycles. The fraction of sp³-hybridized carbons (Fsp3) is 0.667. The van der Waals surface area contributed by atoms with Crippen molar-refractivity contribution >= 4 is 5.97 Å². The summed E-state index contributed by atoms with van der Waals surface area (Å²) < 4.78 is 5.26. The second-order valence-corrected chi connectivity index (χ2v) is 3.33. The predicted molar refractivity (Wildman–Crippen MR) is 41.0 cm³/mol. The van der Waals surface area contributed by atoms with Crippen molar-refractivity contribution in [2.45, 2.75) is 37.7 Å². The van der Waals surface area contributed by atoms with Gasteiger partial charge in [-0.15, -0.1) is 0 Å². The van der Waals surface area contributed by atoms with Crippen molar-refractivity contribution in [3.05, 3.63) is 12.2 Å². The van der Waals surface area contributed by atoms with Gasteiger partial charge in [-0.05, 0) is 25.3 Å². The first-order chi connectivity index (χ1) is 5.31. The molecule has 0 radical (unpaired) electrons. The monoisotopic (exact) mass is 152 g/mol. The summed E-state index contributed by atoms with van der Waals surface area (Å²) in [5.74, 6) is -0.0310. The van der Waals surface area contributed by atoms with Crippen LogP contribution in [-0.4, -0.2) is 11.6 Å². The summed E-state index contributed by atoms with van der Waals surface area (Å²) in [6.07, 6.45) is 9.01. The number of allylic oxidation sites excluding steroid dienone is 1. The van der Waals surface area contributed by atoms with E-state index in [4.69, 9.17) is 4.74 Å². The zero-order valence-electron chi connectivity index (χ0n) is 6.51. The normalized spacial score (nSPS) is 36.2. The highest BCUT2D eigenvalue weighted by Crippen LogP contribution is 2.35. The summed E-state index contributed by atoms with van der Waals surface area (Å²) in [4.78, 5) is 10.9. The second kappa shape index (κ2) is 2.36. The van der Waals surface area contributed by atoms with E-state index in [-0.39, 0.29) is 11.6 Å². The zero-order chi connectivity index (χ0) is 7.73. The molecule has 11 heavy (non-hydrogen) atoms. The molecule has 60 valence electrons. The zero-order valence-corrected chi connectivity index (χ0v) is 6.51. The Balaban J connectivity index is 2.15. The third kappa shape index (κ3) is 1.17. The molecule has 2 aliphatic rings. The van der Waals surface area contributed by atoms with Crippen LogP contribution in [-0.2, 0) is 9.53 Å². The Hall–Kier alpha value is -0.790. The molecular formula is C9H12O2. The van der Waals surface area contributed by atoms with Crippen LogP contribution in [0.5, 0.6) is 0 Å². The number of hydrogen-bond donors (Lipinski definition) is 0. The Morgan fingerprint density at radius 1 is 1.45 bits per heavy atom. The van der Waals surface area contributed by atoms with Gasteiger partial charge in [0.15, 0.2) is 0 Å². The third-order valence-corrected chi connectivity index (χ3v) is 2.46. The van der Waals surface area contributed by atoms with E-state index in [2.05, 4.69) is 12.2 Å². The van der Waals surface area contributed by atoms with E-state index in [0.717, 1.165) is 25.7 Å². The van der Waals surface area contributed by atoms with Gasteiger partial charge in [-0.3, -0.25) is 4.79 Å². The van der Waals surface area contributed by atoms with Crippen LogP contribution in [0.3, 0.4) is 0 Å². The molecule has 1 aliphatic carbocycles. The van der Waals surface area contributed by atoms with Crippen LogP contribution >= 0.6 is 0 Å². The molecule has 2 heteroatoms. The van der Waals surface area contributed by atoms with Gasteiger partial charge >= 0.3 is 5.97 Å². The molecule has 1 heterocycles. The Kier molecular flexibility index (Phi) is 1.48. The van der Waals surface area contributed by atoms with E-state index >= 15 is 0 Å². The molecule has 0 bridgehead atoms. The number of esters is 1. The van der Waals surface area contributed by atoms with Crippen LogP contribution in [0.15, 0.2) is 12.2 Å². The van der Waals surface area contributed by atoms with Crippen molar-refractivity contribution in [2.75, 3.05) is 0 Å². The number of rotatable bonds is 0. The maximum atomic E-state index is 10.9. The molecule has 1 aliphatic heterocycles. The maximum Gasteiger partial charge on any atom is 0.306 e. The highest BCUT2D eigenvalue weighted by atomic mass is 16.6. The van der Waals surface area contributed by atoms with Gasteiger partial charge in [0, 0.05) is 12.8 Å². The van der Waals surface area contributed by atoms with Crippen LogP contribution in [0.25, 0.3) is 0 Å². The van der Waals surface area contributed by atoms with Crippen LogP contribution in [0.4, 0.5) is 0 Å². The molecule has 0 aromatic rings. The van der Waals surface area contributed by atoms with Crippen LogP contribution in [0, 0.1) is 0 Å². The SMILES string of the molecule is O=C1CCC2(C=CCCC2)O1. The molecule has 1 unspecified atom stereocenters. The topological polar surface area (TPSA) is 26.3 Å². The van der Waals surface area contributed by atoms with E-state index in [0.29, 0.717) is 6.42 Å². The Labute approximate surface area is 66.2 Å². The van der Waals surface area contributed by atoms with E-state index in [1.807, 2.05) is 0 Å². The van der Waals surface area contributed by atoms with Crippen LogP contribution in [0.2, 0.25) is 0 Å². The lowest BCUT2D eigenvalue weighted by Gasteiger charge is -2.26. The summed E-state index contributed by atoms with van der Waals surface area (Å²) in [6.45, 7) is 0. The average molecular weight is 152 g/mol. The lowest BCUT2D eigenvalue weighted by atomic mass is 9.89. The fourth-order valence-electron chi connectivity index (χ4n) is 1.84. The second-order valence-electron chi connectivity index (χ2n) is 3.33. The van der Waals surface area contributed by atoms with Gasteiger partial charge in [-0.1, -0.05) is 6.08 Å². The highest BCUT2D eigenvalue weighted by molar-refractivity contribution is 5.72. The molecule has 1 saturated heterocycles. The van der Waals surface area contributed by atoms with Gasteiger partial charge in [0.05, 0.1) is 0 Å². The predicted octanol–water partition coefficient (Wildman–Crippen LogP) is 1.80. The van der Waals surface area contributed by atoms with Gasteiger partial charge in [-0.2, -0.15) is 0 Å². The maximum absolute atomic E-state index is 10.9. The molecule has 2 nitrogen and oxygen atoms in total. The Morgan fingerprint density at radius 3 is 2.91 bits per heavy atom. The van der Waals surface area contributed by atoms with Gasteiger partial charge in [0.25, 0.3) is 0 Å². The molecule has 2 rings (SSSR count). The first-order valence-corrected chi connectivity index (χ1v) is 4.20. The van der Waals surface area contributed by atoms with Crippen molar-refractivity contribution in [3.8, 4) is 0 Å². The minimum atomic E-state index is -0.185. The standard InChI is InChI=1S/C9H12O2/c10-8-4-7-9(11-8)5-2-1-3-6-9/h2,5H,1,3-4,6-7H2. The van der Waals surface area contributed by atoms with Gasteiger partial charge < -0.3 is 4.74 Å². The molecule has 0 amide bonds. The lowest BCUT2D eigenvalue weighted by molar-refractivity contribution is -0.145. The van der Waals surface area contributed by atoms with Crippen molar-refractivity contribution < 1.29 is 9.53 Å². The minimum Gasteiger partial charge on any atom is -0.455 e. The first-order valence-electron chi connectivity index (χ1n) is 4.20. The Bertz CT molecular complexity index is 208. The van der Waals surface area contributed by atoms with E-state index < -0.39 is 0 Å². The van der Waals surface area contributed by atoms with E-state index in [9.17, 15) is 4.79 Å². The average Bonchev–Trinajstić information content (AvgIpc) is 2.34. The van der Waals surface area contributed by atoms with Gasteiger partial charge in [0.1, 0.15) is 5.60 Å². The van der Waals surface area contributed by atoms with Crippen LogP contribution < -0.4 is 0 Å². The quantitative estimate of drug-likeness (QED) is 0.391. The molecule has 0 aromatic heterocycles. The van der Waals surface area contributed by atoms with E-state index in [1.54, 1.807) is 0 Å². The number of ether oxygens (including phenoxy) is 1. The first kappa shape index (κ1) is 6.89. The van der Waals surface area contributed by atoms with E-state index in [1.165, 1.54) is 0 Å². The summed E-state index contributed by atoms with van der Waals surface area (Å²) in [5, 5.41) is 0. The van der Waals surface area contributed by atoms with Gasteiger partial charge in [0.2, 0.25) is 0 Å². The summed E-state index contributed by atoms with van der Waals surface area (Å²) in [7, 11) is 0. The summed E-state index contributed by atoms with van der Waals surface area (Å²) in [6, 6.07) is 0. The molecular weight excluding hydrogens is 140 g/mol. The van der Waals surface area contributed by atoms with Crippen molar-refractivity contribution in [3.63, 3.8) is 0 Å².